The summed E-state index contributed by atoms with van der Waals surface area (Å²) in [5.41, 5.74) is 9.47. The highest BCUT2D eigenvalue weighted by Gasteiger charge is 2.34. The molecular formula is C26H45N6O4P15S. The van der Waals surface area contributed by atoms with E-state index in [9.17, 15) is 8.42 Å². The van der Waals surface area contributed by atoms with Crippen molar-refractivity contribution in [2.24, 2.45) is 0 Å². The summed E-state index contributed by atoms with van der Waals surface area (Å²) in [7, 11) is 22.2. The van der Waals surface area contributed by atoms with Gasteiger partial charge in [0.15, 0.2) is 21.3 Å². The Balaban J connectivity index is 0.000000342. The van der Waals surface area contributed by atoms with Gasteiger partial charge >= 0.3 is 0 Å². The predicted octanol–water partition coefficient (Wildman–Crippen LogP) is 11.9. The standard InChI is InChI=1S/C26H28N6O4S.H17P15/c1-2-28-15-17-3-5-19(6-4-17)25-31-32-26(36-25)23-24(27)29-16-22(30-23)18-7-9-20(10-8-18)37(33,34)21-11-13-35-14-12-21;1-9-13(8)15(12(6)7)14(10(2)3)11(4)5/h3-10,16,21,28H,2,11-15H2,1H3,(H2,27,29);9H,1-8H2. The Labute approximate surface area is 334 Å². The van der Waals surface area contributed by atoms with Crippen LogP contribution in [0.25, 0.3) is 34.3 Å². The zero-order valence-corrected chi connectivity index (χ0v) is 44.6. The van der Waals surface area contributed by atoms with Crippen molar-refractivity contribution in [2.75, 3.05) is 25.5 Å². The number of benzene rings is 2. The first kappa shape index (κ1) is 47.5. The molecule has 1 fully saturated rings. The van der Waals surface area contributed by atoms with Crippen LogP contribution in [0.2, 0.25) is 0 Å². The van der Waals surface area contributed by atoms with Gasteiger partial charge in [-0.2, -0.15) is 0 Å². The Morgan fingerprint density at radius 1 is 0.865 bits per heavy atom. The third-order valence-corrected chi connectivity index (χ3v) is 98.1. The van der Waals surface area contributed by atoms with E-state index in [0.29, 0.717) is 43.2 Å². The van der Waals surface area contributed by atoms with Gasteiger partial charge in [-0.3, -0.25) is 0 Å². The van der Waals surface area contributed by atoms with Crippen LogP contribution in [0.3, 0.4) is 0 Å². The highest BCUT2D eigenvalue weighted by atomic mass is 33.3. The molecule has 0 bridgehead atoms. The molecule has 1 aliphatic heterocycles. The van der Waals surface area contributed by atoms with E-state index >= 15 is 0 Å². The molecule has 1 aliphatic rings. The summed E-state index contributed by atoms with van der Waals surface area (Å²) in [4.78, 5) is 9.12. The molecular weight excluding hydrogens is 957 g/mol. The molecule has 5 rings (SSSR count). The lowest BCUT2D eigenvalue weighted by molar-refractivity contribution is 0.0983. The second-order valence-electron chi connectivity index (χ2n) is 10.9. The zero-order chi connectivity index (χ0) is 38.0. The summed E-state index contributed by atoms with van der Waals surface area (Å²) in [6, 6.07) is 14.5. The first-order chi connectivity index (χ1) is 24.8. The fourth-order valence-electron chi connectivity index (χ4n) is 4.80. The smallest absolute Gasteiger partial charge is 0.270 e. The van der Waals surface area contributed by atoms with E-state index in [0.717, 1.165) is 32.2 Å². The summed E-state index contributed by atoms with van der Waals surface area (Å²) in [6.45, 7) is 5.56. The van der Waals surface area contributed by atoms with Crippen LogP contribution < -0.4 is 11.1 Å². The SMILES string of the molecule is CCNCc1ccc(-c2nnc(-c3nc(-c4ccc(S(=O)(=O)C5CCOCC5)cc4)cnc3N)o2)cc1.PPP(P)P(P(P)P)P(P(P)P)P(P)P. The molecule has 3 N–H and O–H groups in total. The van der Waals surface area contributed by atoms with Crippen molar-refractivity contribution in [2.45, 2.75) is 36.5 Å². The number of ether oxygens (including phenoxy) is 1. The van der Waals surface area contributed by atoms with Gasteiger partial charge in [-0.05, 0) is 91.1 Å². The minimum atomic E-state index is -3.42. The zero-order valence-electron chi connectivity index (χ0n) is 28.2. The van der Waals surface area contributed by atoms with Crippen molar-refractivity contribution >= 4 is 137 Å². The number of anilines is 1. The van der Waals surface area contributed by atoms with E-state index in [-0.39, 0.29) is 64.2 Å². The van der Waals surface area contributed by atoms with Gasteiger partial charge in [-0.25, -0.2) is 18.4 Å². The van der Waals surface area contributed by atoms with Crippen LogP contribution in [-0.4, -0.2) is 53.6 Å². The average Bonchev–Trinajstić information content (AvgIpc) is 3.63. The van der Waals surface area contributed by atoms with Gasteiger partial charge < -0.3 is 20.2 Å². The Bertz CT molecular complexity index is 1810. The van der Waals surface area contributed by atoms with Crippen LogP contribution in [0.15, 0.2) is 64.0 Å². The van der Waals surface area contributed by atoms with Gasteiger partial charge in [0.2, 0.25) is 5.89 Å². The number of sulfone groups is 1. The van der Waals surface area contributed by atoms with E-state index in [1.54, 1.807) is 24.3 Å². The van der Waals surface area contributed by atoms with Crippen molar-refractivity contribution in [3.05, 3.63) is 60.3 Å². The summed E-state index contributed by atoms with van der Waals surface area (Å²) >= 11 is 0. The second kappa shape index (κ2) is 23.5. The van der Waals surface area contributed by atoms with E-state index in [4.69, 9.17) is 14.9 Å². The molecule has 11 atom stereocenters. The van der Waals surface area contributed by atoms with Crippen LogP contribution in [0, 0.1) is 0 Å². The minimum Gasteiger partial charge on any atom is -0.414 e. The molecule has 0 radical (unpaired) electrons. The lowest BCUT2D eigenvalue weighted by Crippen LogP contribution is -2.28. The maximum absolute atomic E-state index is 13.0. The van der Waals surface area contributed by atoms with Crippen molar-refractivity contribution in [1.82, 2.24) is 25.5 Å². The highest BCUT2D eigenvalue weighted by molar-refractivity contribution is 9.28. The summed E-state index contributed by atoms with van der Waals surface area (Å²) < 4.78 is 37.1. The maximum Gasteiger partial charge on any atom is 0.270 e. The minimum absolute atomic E-state index is 0.0884. The lowest BCUT2D eigenvalue weighted by atomic mass is 10.1. The van der Waals surface area contributed by atoms with E-state index in [1.807, 2.05) is 24.3 Å². The number of hydrogen-bond donors (Lipinski definition) is 2. The van der Waals surface area contributed by atoms with Crippen molar-refractivity contribution < 1.29 is 17.6 Å². The highest BCUT2D eigenvalue weighted by Crippen LogP contribution is 3.22. The fraction of sp³-hybridized carbons (Fsp3) is 0.308. The summed E-state index contributed by atoms with van der Waals surface area (Å²) in [6.07, 6.45) is 2.54. The normalized spacial score (nSPS) is 15.5. The van der Waals surface area contributed by atoms with Crippen LogP contribution in [-0.2, 0) is 21.1 Å². The molecule has 1 saturated heterocycles. The number of hydrogen-bond acceptors (Lipinski definition) is 10. The third kappa shape index (κ3) is 13.4. The monoisotopic (exact) mass is 1000 g/mol. The molecule has 0 saturated carbocycles. The van der Waals surface area contributed by atoms with Gasteiger partial charge in [-0.15, -0.1) is 81.6 Å². The molecule has 2 aromatic heterocycles. The van der Waals surface area contributed by atoms with Crippen molar-refractivity contribution in [3.63, 3.8) is 0 Å². The number of nitrogens with zero attached hydrogens (tertiary/aromatic N) is 4. The molecule has 10 nitrogen and oxygen atoms in total. The Morgan fingerprint density at radius 3 is 2.00 bits per heavy atom. The Morgan fingerprint density at radius 2 is 1.44 bits per heavy atom. The van der Waals surface area contributed by atoms with Crippen LogP contribution >= 0.6 is 121 Å². The number of aromatic nitrogens is 4. The van der Waals surface area contributed by atoms with E-state index < -0.39 is 15.1 Å². The largest absolute Gasteiger partial charge is 0.414 e. The van der Waals surface area contributed by atoms with Gasteiger partial charge in [0, 0.05) is 30.9 Å². The van der Waals surface area contributed by atoms with Crippen LogP contribution in [0.4, 0.5) is 5.82 Å². The molecule has 0 spiro atoms. The molecule has 0 aliphatic carbocycles. The number of nitrogen functional groups attached to an aromatic ring is 1. The van der Waals surface area contributed by atoms with Crippen LogP contribution in [0.5, 0.6) is 0 Å². The molecule has 11 unspecified atom stereocenters. The van der Waals surface area contributed by atoms with Gasteiger partial charge in [0.05, 0.1) is 22.0 Å². The maximum atomic E-state index is 13.0. The second-order valence-corrected chi connectivity index (χ2v) is 69.0. The summed E-state index contributed by atoms with van der Waals surface area (Å²) in [5.74, 6) is 0.648. The molecule has 284 valence electrons. The molecule has 3 heterocycles. The van der Waals surface area contributed by atoms with E-state index in [1.165, 1.54) is 6.20 Å². The Hall–Kier alpha value is 2.78. The fourth-order valence-corrected chi connectivity index (χ4v) is 163. The molecule has 0 amide bonds. The predicted molar refractivity (Wildman–Crippen MR) is 267 cm³/mol. The van der Waals surface area contributed by atoms with Gasteiger partial charge in [-0.1, -0.05) is 39.1 Å². The molecule has 26 heteroatoms. The molecule has 4 aromatic rings. The van der Waals surface area contributed by atoms with Gasteiger partial charge in [0.1, 0.15) is 0 Å². The quantitative estimate of drug-likeness (QED) is 0.117. The summed E-state index contributed by atoms with van der Waals surface area (Å²) in [5, 5.41) is 11.1. The van der Waals surface area contributed by atoms with Crippen LogP contribution in [0.1, 0.15) is 25.3 Å². The van der Waals surface area contributed by atoms with Crippen molar-refractivity contribution in [1.29, 1.82) is 0 Å². The Kier molecular flexibility index (Phi) is 21.5. The lowest BCUT2D eigenvalue weighted by Gasteiger charge is -2.38. The third-order valence-electron chi connectivity index (χ3n) is 7.40. The topological polar surface area (TPSA) is 146 Å². The number of rotatable bonds is 14. The number of nitrogens with one attached hydrogen (secondary N) is 1. The van der Waals surface area contributed by atoms with E-state index in [2.05, 4.69) is 104 Å². The first-order valence-corrected chi connectivity index (χ1v) is 43.6. The molecule has 52 heavy (non-hydrogen) atoms. The number of nitrogens with two attached hydrogens (primary N) is 1. The molecule has 2 aromatic carbocycles. The van der Waals surface area contributed by atoms with Crippen molar-refractivity contribution in [3.8, 4) is 34.3 Å². The van der Waals surface area contributed by atoms with Gasteiger partial charge in [0.25, 0.3) is 5.89 Å². The average molecular weight is 1000 g/mol. The first-order valence-electron chi connectivity index (χ1n) is 15.5.